The van der Waals surface area contributed by atoms with E-state index in [0.717, 1.165) is 16.8 Å². The Bertz CT molecular complexity index is 647. The topological polar surface area (TPSA) is 64.4 Å². The number of hydrogen-bond acceptors (Lipinski definition) is 4. The molecule has 0 spiro atoms. The highest BCUT2D eigenvalue weighted by Crippen LogP contribution is 2.22. The smallest absolute Gasteiger partial charge is 0.270 e. The van der Waals surface area contributed by atoms with E-state index in [4.69, 9.17) is 4.74 Å². The Morgan fingerprint density at radius 2 is 2.05 bits per heavy atom. The molecule has 0 aromatic heterocycles. The van der Waals surface area contributed by atoms with Crippen LogP contribution < -0.4 is 5.32 Å². The van der Waals surface area contributed by atoms with Crippen LogP contribution in [0.4, 0.5) is 11.4 Å². The monoisotopic (exact) mass is 350 g/mol. The van der Waals surface area contributed by atoms with Crippen molar-refractivity contribution in [2.24, 2.45) is 0 Å². The van der Waals surface area contributed by atoms with Gasteiger partial charge in [0.25, 0.3) is 5.69 Å². The van der Waals surface area contributed by atoms with Gasteiger partial charge in [-0.15, -0.1) is 0 Å². The van der Waals surface area contributed by atoms with Crippen molar-refractivity contribution in [3.63, 3.8) is 0 Å². The first kappa shape index (κ1) is 15.5. The molecule has 0 radical (unpaired) electrons. The molecule has 5 nitrogen and oxygen atoms in total. The van der Waals surface area contributed by atoms with E-state index in [0.29, 0.717) is 17.6 Å². The van der Waals surface area contributed by atoms with E-state index in [1.165, 1.54) is 6.07 Å². The first-order valence-electron chi connectivity index (χ1n) is 6.34. The molecule has 21 heavy (non-hydrogen) atoms. The summed E-state index contributed by atoms with van der Waals surface area (Å²) in [5.41, 5.74) is 2.94. The van der Waals surface area contributed by atoms with Gasteiger partial charge in [0.05, 0.1) is 11.5 Å². The molecule has 0 aliphatic rings. The number of anilines is 1. The molecule has 0 saturated carbocycles. The number of nitro groups is 1. The van der Waals surface area contributed by atoms with E-state index in [-0.39, 0.29) is 5.69 Å². The second-order valence-electron chi connectivity index (χ2n) is 4.56. The molecule has 0 unspecified atom stereocenters. The third-order valence-electron chi connectivity index (χ3n) is 2.89. The van der Waals surface area contributed by atoms with Gasteiger partial charge in [-0.2, -0.15) is 0 Å². The van der Waals surface area contributed by atoms with Crippen LogP contribution in [0.25, 0.3) is 0 Å². The van der Waals surface area contributed by atoms with Gasteiger partial charge in [-0.25, -0.2) is 0 Å². The summed E-state index contributed by atoms with van der Waals surface area (Å²) in [4.78, 5) is 10.5. The number of ether oxygens (including phenoxy) is 1. The Kier molecular flexibility index (Phi) is 5.30. The maximum atomic E-state index is 10.8. The number of non-ortho nitro benzene ring substituents is 1. The zero-order valence-electron chi connectivity index (χ0n) is 11.5. The summed E-state index contributed by atoms with van der Waals surface area (Å²) in [5.74, 6) is 0. The Labute approximate surface area is 131 Å². The predicted octanol–water partition coefficient (Wildman–Crippen LogP) is 4.12. The number of nitrogens with zero attached hydrogens (tertiary/aromatic N) is 1. The molecule has 110 valence electrons. The Balaban J connectivity index is 2.09. The highest BCUT2D eigenvalue weighted by atomic mass is 79.9. The maximum absolute atomic E-state index is 10.8. The van der Waals surface area contributed by atoms with E-state index >= 15 is 0 Å². The number of hydrogen-bond donors (Lipinski definition) is 1. The Morgan fingerprint density at radius 1 is 1.24 bits per heavy atom. The van der Waals surface area contributed by atoms with Crippen LogP contribution in [0.15, 0.2) is 46.9 Å². The van der Waals surface area contributed by atoms with Crippen molar-refractivity contribution in [3.05, 3.63) is 68.2 Å². The Morgan fingerprint density at radius 3 is 2.76 bits per heavy atom. The number of nitro benzene ring substituents is 1. The summed E-state index contributed by atoms with van der Waals surface area (Å²) in [6.07, 6.45) is 0. The molecular formula is C15H15BrN2O3. The molecule has 0 saturated heterocycles. The van der Waals surface area contributed by atoms with Gasteiger partial charge in [0.1, 0.15) is 0 Å². The van der Waals surface area contributed by atoms with E-state index < -0.39 is 4.92 Å². The molecule has 1 N–H and O–H groups in total. The molecule has 0 aliphatic carbocycles. The summed E-state index contributed by atoms with van der Waals surface area (Å²) in [5, 5.41) is 14.1. The molecule has 0 fully saturated rings. The zero-order valence-corrected chi connectivity index (χ0v) is 13.1. The second kappa shape index (κ2) is 7.19. The van der Waals surface area contributed by atoms with E-state index in [9.17, 15) is 10.1 Å². The van der Waals surface area contributed by atoms with Crippen LogP contribution in [-0.2, 0) is 17.9 Å². The lowest BCUT2D eigenvalue weighted by Gasteiger charge is -2.09. The average molecular weight is 351 g/mol. The van der Waals surface area contributed by atoms with Gasteiger partial charge < -0.3 is 10.1 Å². The van der Waals surface area contributed by atoms with Crippen molar-refractivity contribution in [2.75, 3.05) is 12.4 Å². The van der Waals surface area contributed by atoms with Crippen molar-refractivity contribution < 1.29 is 9.66 Å². The fourth-order valence-electron chi connectivity index (χ4n) is 1.98. The van der Waals surface area contributed by atoms with Crippen molar-refractivity contribution in [2.45, 2.75) is 13.2 Å². The molecule has 2 aromatic carbocycles. The standard InChI is InChI=1S/C15H15BrN2O3/c1-21-10-11-3-2-4-14(6-11)17-9-12-5-13(16)8-15(7-12)18(19)20/h2-8,17H,9-10H2,1H3. The van der Waals surface area contributed by atoms with Gasteiger partial charge in [0.15, 0.2) is 0 Å². The van der Waals surface area contributed by atoms with Gasteiger partial charge in [-0.3, -0.25) is 10.1 Å². The van der Waals surface area contributed by atoms with Crippen LogP contribution in [0, 0.1) is 10.1 Å². The predicted molar refractivity (Wildman–Crippen MR) is 85.3 cm³/mol. The number of halogens is 1. The first-order valence-corrected chi connectivity index (χ1v) is 7.13. The van der Waals surface area contributed by atoms with E-state index in [1.807, 2.05) is 30.3 Å². The second-order valence-corrected chi connectivity index (χ2v) is 5.48. The number of nitrogens with one attached hydrogen (secondary N) is 1. The van der Waals surface area contributed by atoms with Gasteiger partial charge >= 0.3 is 0 Å². The normalized spacial score (nSPS) is 10.4. The Hall–Kier alpha value is -1.92. The summed E-state index contributed by atoms with van der Waals surface area (Å²) >= 11 is 3.29. The lowest BCUT2D eigenvalue weighted by atomic mass is 10.2. The fourth-order valence-corrected chi connectivity index (χ4v) is 2.51. The van der Waals surface area contributed by atoms with Gasteiger partial charge in [-0.05, 0) is 29.3 Å². The molecule has 0 heterocycles. The van der Waals surface area contributed by atoms with Crippen molar-refractivity contribution in [1.29, 1.82) is 0 Å². The molecule has 0 amide bonds. The lowest BCUT2D eigenvalue weighted by molar-refractivity contribution is -0.385. The van der Waals surface area contributed by atoms with Crippen molar-refractivity contribution >= 4 is 27.3 Å². The largest absolute Gasteiger partial charge is 0.381 e. The van der Waals surface area contributed by atoms with Crippen molar-refractivity contribution in [3.8, 4) is 0 Å². The number of methoxy groups -OCH3 is 1. The summed E-state index contributed by atoms with van der Waals surface area (Å²) < 4.78 is 5.79. The van der Waals surface area contributed by atoms with Gasteiger partial charge in [0, 0.05) is 35.9 Å². The van der Waals surface area contributed by atoms with Crippen LogP contribution >= 0.6 is 15.9 Å². The molecule has 0 atom stereocenters. The van der Waals surface area contributed by atoms with E-state index in [2.05, 4.69) is 21.2 Å². The minimum absolute atomic E-state index is 0.0781. The number of benzene rings is 2. The van der Waals surface area contributed by atoms with Crippen LogP contribution in [-0.4, -0.2) is 12.0 Å². The SMILES string of the molecule is COCc1cccc(NCc2cc(Br)cc([N+](=O)[O-])c2)c1. The molecule has 0 aliphatic heterocycles. The highest BCUT2D eigenvalue weighted by molar-refractivity contribution is 9.10. The van der Waals surface area contributed by atoms with Crippen LogP contribution in [0.5, 0.6) is 0 Å². The highest BCUT2D eigenvalue weighted by Gasteiger charge is 2.08. The third kappa shape index (κ3) is 4.54. The minimum Gasteiger partial charge on any atom is -0.381 e. The lowest BCUT2D eigenvalue weighted by Crippen LogP contribution is -2.01. The molecule has 0 bridgehead atoms. The summed E-state index contributed by atoms with van der Waals surface area (Å²) in [6.45, 7) is 1.06. The molecule has 2 rings (SSSR count). The minimum atomic E-state index is -0.395. The fraction of sp³-hybridized carbons (Fsp3) is 0.200. The molecular weight excluding hydrogens is 336 g/mol. The molecule has 6 heteroatoms. The number of rotatable bonds is 6. The van der Waals surface area contributed by atoms with Crippen LogP contribution in [0.2, 0.25) is 0 Å². The maximum Gasteiger partial charge on any atom is 0.270 e. The quantitative estimate of drug-likeness (QED) is 0.628. The average Bonchev–Trinajstić information content (AvgIpc) is 2.45. The molecule has 2 aromatic rings. The first-order chi connectivity index (χ1) is 10.1. The van der Waals surface area contributed by atoms with E-state index in [1.54, 1.807) is 13.2 Å². The van der Waals surface area contributed by atoms with Gasteiger partial charge in [0.2, 0.25) is 0 Å². The zero-order chi connectivity index (χ0) is 15.2. The van der Waals surface area contributed by atoms with Crippen LogP contribution in [0.1, 0.15) is 11.1 Å². The van der Waals surface area contributed by atoms with Gasteiger partial charge in [-0.1, -0.05) is 28.1 Å². The van der Waals surface area contributed by atoms with Crippen molar-refractivity contribution in [1.82, 2.24) is 0 Å². The third-order valence-corrected chi connectivity index (χ3v) is 3.35. The van der Waals surface area contributed by atoms with Crippen LogP contribution in [0.3, 0.4) is 0 Å². The summed E-state index contributed by atoms with van der Waals surface area (Å²) in [7, 11) is 1.65. The summed E-state index contributed by atoms with van der Waals surface area (Å²) in [6, 6.07) is 12.8.